The van der Waals surface area contributed by atoms with Crippen LogP contribution in [0.15, 0.2) is 66.9 Å². The zero-order valence-corrected chi connectivity index (χ0v) is 18.1. The molecule has 5 heteroatoms. The largest absolute Gasteiger partial charge is 0.486 e. The van der Waals surface area contributed by atoms with E-state index in [-0.39, 0.29) is 23.9 Å². The number of aryl methyl sites for hydroxylation is 1. The van der Waals surface area contributed by atoms with Gasteiger partial charge in [0, 0.05) is 35.9 Å². The summed E-state index contributed by atoms with van der Waals surface area (Å²) >= 11 is 0. The number of carbonyl (C=O) groups is 2. The van der Waals surface area contributed by atoms with Gasteiger partial charge in [-0.15, -0.1) is 0 Å². The second kappa shape index (κ2) is 9.86. The number of hydrogen-bond donors (Lipinski definition) is 0. The zero-order valence-electron chi connectivity index (χ0n) is 18.1. The van der Waals surface area contributed by atoms with Crippen LogP contribution in [-0.2, 0) is 6.42 Å². The molecule has 32 heavy (non-hydrogen) atoms. The molecule has 1 aliphatic rings. The second-order valence-electron chi connectivity index (χ2n) is 8.02. The summed E-state index contributed by atoms with van der Waals surface area (Å²) in [6.07, 6.45) is 3.02. The number of benzene rings is 2. The molecule has 164 valence electrons. The summed E-state index contributed by atoms with van der Waals surface area (Å²) in [5, 5.41) is 0. The summed E-state index contributed by atoms with van der Waals surface area (Å²) in [7, 11) is 0. The normalized spacial score (nSPS) is 16.9. The number of carbonyl (C=O) groups excluding carboxylic acids is 2. The van der Waals surface area contributed by atoms with Gasteiger partial charge in [0.15, 0.2) is 11.6 Å². The van der Waals surface area contributed by atoms with E-state index in [1.54, 1.807) is 25.3 Å². The Bertz CT molecular complexity index is 1100. The number of ketones is 2. The Morgan fingerprint density at radius 2 is 1.81 bits per heavy atom. The van der Waals surface area contributed by atoms with E-state index in [9.17, 15) is 14.0 Å². The predicted molar refractivity (Wildman–Crippen MR) is 121 cm³/mol. The molecule has 2 atom stereocenters. The molecular formula is C27H26FNO3. The Hall–Kier alpha value is -3.34. The first-order valence-corrected chi connectivity index (χ1v) is 11.0. The summed E-state index contributed by atoms with van der Waals surface area (Å²) in [5.41, 5.74) is 3.41. The summed E-state index contributed by atoms with van der Waals surface area (Å²) in [6, 6.07) is 18.7. The topological polar surface area (TPSA) is 56.3 Å². The molecule has 0 N–H and O–H groups in total. The van der Waals surface area contributed by atoms with Crippen molar-refractivity contribution in [2.75, 3.05) is 6.67 Å². The van der Waals surface area contributed by atoms with Crippen LogP contribution < -0.4 is 4.74 Å². The molecule has 0 aliphatic carbocycles. The lowest BCUT2D eigenvalue weighted by Crippen LogP contribution is -2.22. The van der Waals surface area contributed by atoms with E-state index in [0.717, 1.165) is 11.3 Å². The molecule has 2 aromatic carbocycles. The van der Waals surface area contributed by atoms with E-state index in [1.165, 1.54) is 0 Å². The van der Waals surface area contributed by atoms with Gasteiger partial charge in [-0.05, 0) is 42.7 Å². The van der Waals surface area contributed by atoms with Crippen molar-refractivity contribution in [3.8, 4) is 5.75 Å². The van der Waals surface area contributed by atoms with Crippen molar-refractivity contribution >= 4 is 11.6 Å². The highest BCUT2D eigenvalue weighted by molar-refractivity contribution is 6.04. The lowest BCUT2D eigenvalue weighted by Gasteiger charge is -2.16. The summed E-state index contributed by atoms with van der Waals surface area (Å²) in [4.78, 5) is 30.0. The monoisotopic (exact) mass is 431 g/mol. The number of alkyl halides is 1. The van der Waals surface area contributed by atoms with Crippen LogP contribution >= 0.6 is 0 Å². The average molecular weight is 432 g/mol. The van der Waals surface area contributed by atoms with Crippen LogP contribution in [0.1, 0.15) is 69.6 Å². The molecule has 0 amide bonds. The van der Waals surface area contributed by atoms with Crippen LogP contribution in [0.3, 0.4) is 0 Å². The fourth-order valence-corrected chi connectivity index (χ4v) is 4.29. The average Bonchev–Trinajstić information content (AvgIpc) is 3.22. The minimum atomic E-state index is -0.717. The third-order valence-corrected chi connectivity index (χ3v) is 5.91. The highest BCUT2D eigenvalue weighted by atomic mass is 19.1. The fraction of sp³-hybridized carbons (Fsp3) is 0.296. The molecule has 0 spiro atoms. The molecule has 4 rings (SSSR count). The molecule has 0 fully saturated rings. The van der Waals surface area contributed by atoms with Crippen molar-refractivity contribution in [3.63, 3.8) is 0 Å². The summed E-state index contributed by atoms with van der Waals surface area (Å²) < 4.78 is 19.9. The predicted octanol–water partition coefficient (Wildman–Crippen LogP) is 5.74. The third kappa shape index (κ3) is 4.47. The molecule has 0 bridgehead atoms. The van der Waals surface area contributed by atoms with Gasteiger partial charge in [-0.3, -0.25) is 14.6 Å². The number of ether oxygens (including phenoxy) is 1. The van der Waals surface area contributed by atoms with Crippen LogP contribution in [0.4, 0.5) is 4.39 Å². The van der Waals surface area contributed by atoms with Crippen LogP contribution in [-0.4, -0.2) is 29.3 Å². The molecule has 0 radical (unpaired) electrons. The third-order valence-electron chi connectivity index (χ3n) is 5.91. The minimum absolute atomic E-state index is 0.0376. The number of pyridine rings is 1. The summed E-state index contributed by atoms with van der Waals surface area (Å²) in [6.45, 7) is 1.09. The molecule has 1 aromatic heterocycles. The van der Waals surface area contributed by atoms with E-state index in [4.69, 9.17) is 4.74 Å². The number of fused-ring (bicyclic) bond motifs is 1. The van der Waals surface area contributed by atoms with Crippen LogP contribution in [0.25, 0.3) is 0 Å². The quantitative estimate of drug-likeness (QED) is 0.405. The SMILES string of the molecule is CCC(=O)c1cc(C(=O)CCCc2ccccn2)cc2c1O[C@H](CF)[C@H]2c1ccccc1. The lowest BCUT2D eigenvalue weighted by atomic mass is 9.85. The smallest absolute Gasteiger partial charge is 0.166 e. The summed E-state index contributed by atoms with van der Waals surface area (Å²) in [5.74, 6) is -0.0978. The van der Waals surface area contributed by atoms with Gasteiger partial charge in [-0.2, -0.15) is 0 Å². The fourth-order valence-electron chi connectivity index (χ4n) is 4.29. The lowest BCUT2D eigenvalue weighted by molar-refractivity contribution is 0.0979. The second-order valence-corrected chi connectivity index (χ2v) is 8.02. The van der Waals surface area contributed by atoms with Gasteiger partial charge in [-0.25, -0.2) is 4.39 Å². The van der Waals surface area contributed by atoms with Gasteiger partial charge in [0.1, 0.15) is 18.5 Å². The van der Waals surface area contributed by atoms with Gasteiger partial charge < -0.3 is 4.74 Å². The van der Waals surface area contributed by atoms with E-state index in [0.29, 0.717) is 41.7 Å². The molecule has 0 unspecified atom stereocenters. The minimum Gasteiger partial charge on any atom is -0.486 e. The van der Waals surface area contributed by atoms with Gasteiger partial charge in [0.2, 0.25) is 0 Å². The van der Waals surface area contributed by atoms with Crippen molar-refractivity contribution in [2.45, 2.75) is 44.6 Å². The van der Waals surface area contributed by atoms with Crippen molar-refractivity contribution in [1.29, 1.82) is 0 Å². The van der Waals surface area contributed by atoms with Crippen LogP contribution in [0.5, 0.6) is 5.75 Å². The number of halogens is 1. The molecule has 0 saturated carbocycles. The number of rotatable bonds is 9. The number of nitrogens with zero attached hydrogens (tertiary/aromatic N) is 1. The van der Waals surface area contributed by atoms with Crippen molar-refractivity contribution in [1.82, 2.24) is 4.98 Å². The van der Waals surface area contributed by atoms with Crippen molar-refractivity contribution < 1.29 is 18.7 Å². The maximum absolute atomic E-state index is 13.9. The maximum atomic E-state index is 13.9. The first kappa shape index (κ1) is 21.9. The van der Waals surface area contributed by atoms with Crippen molar-refractivity contribution in [2.24, 2.45) is 0 Å². The van der Waals surface area contributed by atoms with Gasteiger partial charge >= 0.3 is 0 Å². The molecule has 2 heterocycles. The van der Waals surface area contributed by atoms with E-state index in [2.05, 4.69) is 4.98 Å². The van der Waals surface area contributed by atoms with Gasteiger partial charge in [0.05, 0.1) is 11.5 Å². The number of Topliss-reactive ketones (excluding diaryl/α,β-unsaturated/α-hetero) is 2. The van der Waals surface area contributed by atoms with Crippen LogP contribution in [0.2, 0.25) is 0 Å². The van der Waals surface area contributed by atoms with Gasteiger partial charge in [-0.1, -0.05) is 43.3 Å². The Labute approximate surface area is 187 Å². The number of aromatic nitrogens is 1. The first-order chi connectivity index (χ1) is 15.6. The number of hydrogen-bond acceptors (Lipinski definition) is 4. The molecule has 1 aliphatic heterocycles. The van der Waals surface area contributed by atoms with Crippen molar-refractivity contribution in [3.05, 3.63) is 94.8 Å². The molecule has 3 aromatic rings. The Balaban J connectivity index is 1.66. The Morgan fingerprint density at radius 1 is 1.03 bits per heavy atom. The Morgan fingerprint density at radius 3 is 2.50 bits per heavy atom. The highest BCUT2D eigenvalue weighted by Crippen LogP contribution is 2.45. The van der Waals surface area contributed by atoms with Gasteiger partial charge in [0.25, 0.3) is 0 Å². The van der Waals surface area contributed by atoms with E-state index in [1.807, 2.05) is 48.5 Å². The molecular weight excluding hydrogens is 405 g/mol. The van der Waals surface area contributed by atoms with Crippen LogP contribution in [0, 0.1) is 0 Å². The van der Waals surface area contributed by atoms with E-state index < -0.39 is 12.8 Å². The maximum Gasteiger partial charge on any atom is 0.166 e. The first-order valence-electron chi connectivity index (χ1n) is 11.0. The highest BCUT2D eigenvalue weighted by Gasteiger charge is 2.38. The molecule has 0 saturated heterocycles. The van der Waals surface area contributed by atoms with E-state index >= 15 is 0 Å². The zero-order chi connectivity index (χ0) is 22.5. The Kier molecular flexibility index (Phi) is 6.74. The standard InChI is InChI=1S/C27H26FNO3/c1-2-23(30)21-15-19(24(31)13-8-12-20-11-6-7-14-29-20)16-22-26(18-9-4-3-5-10-18)25(17-28)32-27(21)22/h3-7,9-11,14-16,25-26H,2,8,12-13,17H2,1H3/t25-,26+/m1/s1. The molecule has 4 nitrogen and oxygen atoms in total.